The first-order valence-corrected chi connectivity index (χ1v) is 11.1. The van der Waals surface area contributed by atoms with Crippen molar-refractivity contribution in [2.24, 2.45) is 0 Å². The van der Waals surface area contributed by atoms with E-state index in [0.29, 0.717) is 28.3 Å². The molecule has 0 spiro atoms. The van der Waals surface area contributed by atoms with Crippen LogP contribution >= 0.6 is 11.8 Å². The summed E-state index contributed by atoms with van der Waals surface area (Å²) >= 11 is 1.16. The third kappa shape index (κ3) is 5.14. The van der Waals surface area contributed by atoms with Crippen molar-refractivity contribution in [2.45, 2.75) is 38.8 Å². The first-order chi connectivity index (χ1) is 14.8. The summed E-state index contributed by atoms with van der Waals surface area (Å²) in [5.74, 6) is -1.13. The van der Waals surface area contributed by atoms with Gasteiger partial charge in [0.2, 0.25) is 5.91 Å². The van der Waals surface area contributed by atoms with Gasteiger partial charge in [0.15, 0.2) is 5.16 Å². The number of aromatic carboxylic acids is 1. The molecule has 0 saturated carbocycles. The Morgan fingerprint density at radius 3 is 2.65 bits per heavy atom. The molecule has 3 aromatic rings. The lowest BCUT2D eigenvalue weighted by molar-refractivity contribution is -0.118. The van der Waals surface area contributed by atoms with Gasteiger partial charge in [-0.2, -0.15) is 0 Å². The number of unbranched alkanes of at least 4 members (excludes halogenated alkanes) is 1. The van der Waals surface area contributed by atoms with Gasteiger partial charge in [0.1, 0.15) is 0 Å². The van der Waals surface area contributed by atoms with Crippen LogP contribution in [0.25, 0.3) is 16.6 Å². The molecule has 1 heterocycles. The second-order valence-corrected chi connectivity index (χ2v) is 8.30. The molecule has 1 amide bonds. The van der Waals surface area contributed by atoms with Crippen molar-refractivity contribution in [1.29, 1.82) is 0 Å². The number of nitrogens with one attached hydrogen (secondary N) is 1. The summed E-state index contributed by atoms with van der Waals surface area (Å²) in [7, 11) is 0. The fourth-order valence-electron chi connectivity index (χ4n) is 3.15. The van der Waals surface area contributed by atoms with Gasteiger partial charge in [-0.05, 0) is 55.7 Å². The number of hydrogen-bond donors (Lipinski definition) is 2. The van der Waals surface area contributed by atoms with E-state index in [9.17, 15) is 19.5 Å². The molecular formula is C23H25N3O4S. The molecule has 0 atom stereocenters. The topological polar surface area (TPSA) is 101 Å². The maximum Gasteiger partial charge on any atom is 0.335 e. The fraction of sp³-hybridized carbons (Fsp3) is 0.304. The van der Waals surface area contributed by atoms with E-state index < -0.39 is 5.97 Å². The molecule has 8 heteroatoms. The summed E-state index contributed by atoms with van der Waals surface area (Å²) in [6, 6.07) is 10.1. The van der Waals surface area contributed by atoms with Gasteiger partial charge < -0.3 is 10.4 Å². The third-order valence-corrected chi connectivity index (χ3v) is 5.81. The van der Waals surface area contributed by atoms with Crippen LogP contribution in [0.4, 0.5) is 0 Å². The highest BCUT2D eigenvalue weighted by molar-refractivity contribution is 7.99. The average molecular weight is 440 g/mol. The van der Waals surface area contributed by atoms with E-state index in [4.69, 9.17) is 0 Å². The van der Waals surface area contributed by atoms with E-state index >= 15 is 0 Å². The number of carbonyl (C=O) groups excluding carboxylic acids is 1. The quantitative estimate of drug-likeness (QED) is 0.315. The standard InChI is InChI=1S/C23H25N3O4S/c1-4-5-10-24-20(27)13-31-23-25-18-12-16(22(29)30)8-9-17(18)21(28)26(23)19-11-14(2)6-7-15(19)3/h6-9,11-12H,4-5,10,13H2,1-3H3,(H,24,27)(H,29,30). The van der Waals surface area contributed by atoms with Gasteiger partial charge in [-0.25, -0.2) is 9.78 Å². The van der Waals surface area contributed by atoms with Crippen LogP contribution in [-0.4, -0.2) is 38.8 Å². The number of carboxylic acids is 1. The Hall–Kier alpha value is -3.13. The Kier molecular flexibility index (Phi) is 7.12. The van der Waals surface area contributed by atoms with Gasteiger partial charge in [-0.3, -0.25) is 14.2 Å². The van der Waals surface area contributed by atoms with E-state index in [1.165, 1.54) is 22.8 Å². The maximum atomic E-state index is 13.4. The van der Waals surface area contributed by atoms with Crippen LogP contribution in [-0.2, 0) is 4.79 Å². The van der Waals surface area contributed by atoms with Crippen LogP contribution in [0.5, 0.6) is 0 Å². The second-order valence-electron chi connectivity index (χ2n) is 7.35. The van der Waals surface area contributed by atoms with Crippen LogP contribution in [0.3, 0.4) is 0 Å². The summed E-state index contributed by atoms with van der Waals surface area (Å²) < 4.78 is 1.51. The fourth-order valence-corrected chi connectivity index (χ4v) is 3.99. The summed E-state index contributed by atoms with van der Waals surface area (Å²) in [6.07, 6.45) is 1.88. The van der Waals surface area contributed by atoms with Crippen molar-refractivity contribution in [3.8, 4) is 5.69 Å². The zero-order valence-corrected chi connectivity index (χ0v) is 18.6. The molecule has 0 unspecified atom stereocenters. The maximum absolute atomic E-state index is 13.4. The van der Waals surface area contributed by atoms with E-state index in [0.717, 1.165) is 35.7 Å². The van der Waals surface area contributed by atoms with Crippen LogP contribution in [0.1, 0.15) is 41.3 Å². The number of nitrogens with zero attached hydrogens (tertiary/aromatic N) is 2. The molecule has 3 rings (SSSR count). The highest BCUT2D eigenvalue weighted by Crippen LogP contribution is 2.24. The molecule has 7 nitrogen and oxygen atoms in total. The molecule has 162 valence electrons. The number of amides is 1. The number of fused-ring (bicyclic) bond motifs is 1. The Morgan fingerprint density at radius 1 is 1.16 bits per heavy atom. The van der Waals surface area contributed by atoms with Crippen molar-refractivity contribution >= 4 is 34.5 Å². The van der Waals surface area contributed by atoms with Crippen molar-refractivity contribution in [3.05, 3.63) is 63.4 Å². The van der Waals surface area contributed by atoms with Crippen molar-refractivity contribution in [2.75, 3.05) is 12.3 Å². The zero-order valence-electron chi connectivity index (χ0n) is 17.8. The van der Waals surface area contributed by atoms with E-state index in [2.05, 4.69) is 10.3 Å². The number of hydrogen-bond acceptors (Lipinski definition) is 5. The van der Waals surface area contributed by atoms with Gasteiger partial charge in [0.05, 0.1) is 27.9 Å². The highest BCUT2D eigenvalue weighted by Gasteiger charge is 2.17. The van der Waals surface area contributed by atoms with Gasteiger partial charge >= 0.3 is 5.97 Å². The molecule has 0 aliphatic rings. The summed E-state index contributed by atoms with van der Waals surface area (Å²) in [5.41, 5.74) is 2.62. The van der Waals surface area contributed by atoms with Gasteiger partial charge in [0.25, 0.3) is 5.56 Å². The van der Waals surface area contributed by atoms with Crippen LogP contribution < -0.4 is 10.9 Å². The normalized spacial score (nSPS) is 10.9. The molecule has 0 aliphatic carbocycles. The molecule has 2 N–H and O–H groups in total. The predicted octanol–water partition coefficient (Wildman–Crippen LogP) is 3.71. The van der Waals surface area contributed by atoms with E-state index in [-0.39, 0.29) is 22.8 Å². The highest BCUT2D eigenvalue weighted by atomic mass is 32.2. The minimum absolute atomic E-state index is 0.0529. The monoisotopic (exact) mass is 439 g/mol. The molecule has 0 fully saturated rings. The number of benzene rings is 2. The zero-order chi connectivity index (χ0) is 22.5. The van der Waals surface area contributed by atoms with Crippen LogP contribution in [0.15, 0.2) is 46.3 Å². The van der Waals surface area contributed by atoms with E-state index in [1.807, 2.05) is 39.0 Å². The van der Waals surface area contributed by atoms with Crippen molar-refractivity contribution in [3.63, 3.8) is 0 Å². The Bertz CT molecular complexity index is 1200. The van der Waals surface area contributed by atoms with E-state index in [1.54, 1.807) is 0 Å². The molecule has 2 aromatic carbocycles. The molecular weight excluding hydrogens is 414 g/mol. The number of rotatable bonds is 8. The number of aromatic nitrogens is 2. The molecule has 0 radical (unpaired) electrons. The predicted molar refractivity (Wildman–Crippen MR) is 122 cm³/mol. The lowest BCUT2D eigenvalue weighted by Crippen LogP contribution is -2.27. The van der Waals surface area contributed by atoms with Crippen LogP contribution in [0.2, 0.25) is 0 Å². The first kappa shape index (κ1) is 22.6. The Labute approximate surface area is 184 Å². The minimum atomic E-state index is -1.09. The SMILES string of the molecule is CCCCNC(=O)CSc1nc2cc(C(=O)O)ccc2c(=O)n1-c1cc(C)ccc1C. The molecule has 31 heavy (non-hydrogen) atoms. The van der Waals surface area contributed by atoms with Crippen molar-refractivity contribution < 1.29 is 14.7 Å². The molecule has 1 aromatic heterocycles. The molecule has 0 bridgehead atoms. The number of aryl methyl sites for hydroxylation is 2. The smallest absolute Gasteiger partial charge is 0.335 e. The van der Waals surface area contributed by atoms with Gasteiger partial charge in [-0.15, -0.1) is 0 Å². The summed E-state index contributed by atoms with van der Waals surface area (Å²) in [4.78, 5) is 41.6. The number of thioether (sulfide) groups is 1. The minimum Gasteiger partial charge on any atom is -0.478 e. The molecule has 0 aliphatic heterocycles. The third-order valence-electron chi connectivity index (χ3n) is 4.88. The first-order valence-electron chi connectivity index (χ1n) is 10.1. The van der Waals surface area contributed by atoms with Gasteiger partial charge in [-0.1, -0.05) is 37.2 Å². The Morgan fingerprint density at radius 2 is 1.94 bits per heavy atom. The molecule has 0 saturated heterocycles. The van der Waals surface area contributed by atoms with Crippen molar-refractivity contribution in [1.82, 2.24) is 14.9 Å². The average Bonchev–Trinajstić information content (AvgIpc) is 2.74. The largest absolute Gasteiger partial charge is 0.478 e. The lowest BCUT2D eigenvalue weighted by Gasteiger charge is -2.16. The van der Waals surface area contributed by atoms with Gasteiger partial charge in [0, 0.05) is 6.54 Å². The Balaban J connectivity index is 2.11. The lowest BCUT2D eigenvalue weighted by atomic mass is 10.1. The number of carboxylic acid groups (broad SMARTS) is 1. The number of carbonyl (C=O) groups is 2. The second kappa shape index (κ2) is 9.78. The summed E-state index contributed by atoms with van der Waals surface area (Å²) in [6.45, 7) is 6.50. The van der Waals surface area contributed by atoms with Crippen LogP contribution in [0, 0.1) is 13.8 Å². The summed E-state index contributed by atoms with van der Waals surface area (Å²) in [5, 5.41) is 12.8.